The minimum atomic E-state index is -0.768. The number of carboxylic acid groups (broad SMARTS) is 1. The SMILES string of the molecule is O=C(O)CCCCCCC(=O)N/N=C/c1cccc2ccccc12. The maximum Gasteiger partial charge on any atom is 0.303 e. The summed E-state index contributed by atoms with van der Waals surface area (Å²) < 4.78 is 0. The van der Waals surface area contributed by atoms with Crippen LogP contribution in [0.2, 0.25) is 0 Å². The van der Waals surface area contributed by atoms with E-state index < -0.39 is 5.97 Å². The highest BCUT2D eigenvalue weighted by Crippen LogP contribution is 2.16. The maximum absolute atomic E-state index is 11.7. The van der Waals surface area contributed by atoms with E-state index in [2.05, 4.69) is 10.5 Å². The summed E-state index contributed by atoms with van der Waals surface area (Å²) in [6.07, 6.45) is 5.35. The number of benzene rings is 2. The van der Waals surface area contributed by atoms with E-state index in [4.69, 9.17) is 5.11 Å². The van der Waals surface area contributed by atoms with Gasteiger partial charge in [-0.2, -0.15) is 5.10 Å². The van der Waals surface area contributed by atoms with E-state index >= 15 is 0 Å². The van der Waals surface area contributed by atoms with Crippen molar-refractivity contribution in [3.63, 3.8) is 0 Å². The minimum absolute atomic E-state index is 0.121. The van der Waals surface area contributed by atoms with Crippen molar-refractivity contribution in [1.82, 2.24) is 5.43 Å². The summed E-state index contributed by atoms with van der Waals surface area (Å²) in [6, 6.07) is 14.0. The predicted octanol–water partition coefficient (Wildman–Crippen LogP) is 3.72. The van der Waals surface area contributed by atoms with Gasteiger partial charge < -0.3 is 5.11 Å². The van der Waals surface area contributed by atoms with Gasteiger partial charge in [-0.15, -0.1) is 0 Å². The van der Waals surface area contributed by atoms with E-state index in [0.717, 1.165) is 35.6 Å². The van der Waals surface area contributed by atoms with E-state index in [1.165, 1.54) is 0 Å². The first-order chi connectivity index (χ1) is 11.7. The first kappa shape index (κ1) is 17.7. The predicted molar refractivity (Wildman–Crippen MR) is 95.0 cm³/mol. The molecule has 5 heteroatoms. The van der Waals surface area contributed by atoms with E-state index in [1.54, 1.807) is 6.21 Å². The van der Waals surface area contributed by atoms with Gasteiger partial charge in [-0.3, -0.25) is 9.59 Å². The van der Waals surface area contributed by atoms with Gasteiger partial charge in [0, 0.05) is 18.4 Å². The maximum atomic E-state index is 11.7. The number of carbonyl (C=O) groups excluding carboxylic acids is 1. The summed E-state index contributed by atoms with van der Waals surface area (Å²) >= 11 is 0. The lowest BCUT2D eigenvalue weighted by molar-refractivity contribution is -0.137. The Morgan fingerprint density at radius 1 is 0.958 bits per heavy atom. The third-order valence-electron chi connectivity index (χ3n) is 3.76. The Bertz CT molecular complexity index is 720. The molecular weight excluding hydrogens is 304 g/mol. The van der Waals surface area contributed by atoms with Crippen molar-refractivity contribution >= 4 is 28.9 Å². The van der Waals surface area contributed by atoms with Crippen LogP contribution in [-0.2, 0) is 9.59 Å². The fourth-order valence-electron chi connectivity index (χ4n) is 2.51. The number of nitrogens with zero attached hydrogens (tertiary/aromatic N) is 1. The van der Waals surface area contributed by atoms with Crippen LogP contribution in [0, 0.1) is 0 Å². The van der Waals surface area contributed by atoms with Crippen molar-refractivity contribution < 1.29 is 14.7 Å². The quantitative estimate of drug-likeness (QED) is 0.419. The van der Waals surface area contributed by atoms with Crippen molar-refractivity contribution in [2.75, 3.05) is 0 Å². The van der Waals surface area contributed by atoms with E-state index in [-0.39, 0.29) is 12.3 Å². The van der Waals surface area contributed by atoms with Gasteiger partial charge in [-0.1, -0.05) is 55.3 Å². The lowest BCUT2D eigenvalue weighted by atomic mass is 10.1. The van der Waals surface area contributed by atoms with Gasteiger partial charge in [-0.25, -0.2) is 5.43 Å². The Kier molecular flexibility index (Phi) is 6.95. The number of carbonyl (C=O) groups is 2. The van der Waals surface area contributed by atoms with Crippen molar-refractivity contribution in [3.8, 4) is 0 Å². The van der Waals surface area contributed by atoms with Gasteiger partial charge in [0.05, 0.1) is 6.21 Å². The molecule has 0 spiro atoms. The number of hydrazone groups is 1. The smallest absolute Gasteiger partial charge is 0.303 e. The number of aliphatic carboxylic acids is 1. The molecular formula is C19H22N2O3. The van der Waals surface area contributed by atoms with Crippen LogP contribution in [0.3, 0.4) is 0 Å². The largest absolute Gasteiger partial charge is 0.481 e. The van der Waals surface area contributed by atoms with Crippen molar-refractivity contribution in [2.24, 2.45) is 5.10 Å². The van der Waals surface area contributed by atoms with Gasteiger partial charge in [0.1, 0.15) is 0 Å². The van der Waals surface area contributed by atoms with E-state index in [0.29, 0.717) is 12.8 Å². The molecule has 2 aromatic rings. The van der Waals surface area contributed by atoms with Crippen LogP contribution < -0.4 is 5.43 Å². The van der Waals surface area contributed by atoms with Crippen molar-refractivity contribution in [1.29, 1.82) is 0 Å². The van der Waals surface area contributed by atoms with Crippen LogP contribution in [0.1, 0.15) is 44.1 Å². The van der Waals surface area contributed by atoms with Gasteiger partial charge in [0.25, 0.3) is 0 Å². The molecule has 24 heavy (non-hydrogen) atoms. The zero-order valence-electron chi connectivity index (χ0n) is 13.6. The molecule has 0 radical (unpaired) electrons. The molecule has 2 N–H and O–H groups in total. The number of hydrogen-bond donors (Lipinski definition) is 2. The van der Waals surface area contributed by atoms with Crippen LogP contribution in [0.25, 0.3) is 10.8 Å². The first-order valence-corrected chi connectivity index (χ1v) is 8.18. The fraction of sp³-hybridized carbons (Fsp3) is 0.316. The number of nitrogens with one attached hydrogen (secondary N) is 1. The molecule has 0 aliphatic rings. The van der Waals surface area contributed by atoms with Crippen LogP contribution in [0.5, 0.6) is 0 Å². The second kappa shape index (κ2) is 9.45. The summed E-state index contributed by atoms with van der Waals surface area (Å²) in [5.41, 5.74) is 3.50. The van der Waals surface area contributed by atoms with Crippen LogP contribution in [-0.4, -0.2) is 23.2 Å². The molecule has 0 bridgehead atoms. The molecule has 0 aliphatic heterocycles. The van der Waals surface area contributed by atoms with Gasteiger partial charge >= 0.3 is 5.97 Å². The molecule has 0 saturated carbocycles. The summed E-state index contributed by atoms with van der Waals surface area (Å²) in [7, 11) is 0. The Balaban J connectivity index is 1.73. The number of rotatable bonds is 9. The Morgan fingerprint density at radius 2 is 1.67 bits per heavy atom. The molecule has 0 atom stereocenters. The average molecular weight is 326 g/mol. The van der Waals surface area contributed by atoms with Gasteiger partial charge in [-0.05, 0) is 23.6 Å². The van der Waals surface area contributed by atoms with Crippen molar-refractivity contribution in [2.45, 2.75) is 38.5 Å². The Morgan fingerprint density at radius 3 is 2.46 bits per heavy atom. The third kappa shape index (κ3) is 5.83. The van der Waals surface area contributed by atoms with E-state index in [1.807, 2.05) is 42.5 Å². The number of fused-ring (bicyclic) bond motifs is 1. The number of unbranched alkanes of at least 4 members (excludes halogenated alkanes) is 3. The van der Waals surface area contributed by atoms with E-state index in [9.17, 15) is 9.59 Å². The summed E-state index contributed by atoms with van der Waals surface area (Å²) in [4.78, 5) is 22.1. The highest BCUT2D eigenvalue weighted by Gasteiger charge is 2.01. The molecule has 0 unspecified atom stereocenters. The molecule has 0 heterocycles. The zero-order valence-corrected chi connectivity index (χ0v) is 13.6. The lowest BCUT2D eigenvalue weighted by Gasteiger charge is -2.02. The summed E-state index contributed by atoms with van der Waals surface area (Å²) in [6.45, 7) is 0. The zero-order chi connectivity index (χ0) is 17.2. The molecule has 1 amide bonds. The minimum Gasteiger partial charge on any atom is -0.481 e. The molecule has 0 aliphatic carbocycles. The normalized spacial score (nSPS) is 11.0. The molecule has 0 fully saturated rings. The first-order valence-electron chi connectivity index (χ1n) is 8.18. The number of carboxylic acids is 1. The number of hydrogen-bond acceptors (Lipinski definition) is 3. The highest BCUT2D eigenvalue weighted by molar-refractivity contribution is 5.99. The fourth-order valence-corrected chi connectivity index (χ4v) is 2.51. The molecule has 126 valence electrons. The topological polar surface area (TPSA) is 78.8 Å². The molecule has 0 aromatic heterocycles. The van der Waals surface area contributed by atoms with Crippen LogP contribution in [0.4, 0.5) is 0 Å². The summed E-state index contributed by atoms with van der Waals surface area (Å²) in [5.74, 6) is -0.889. The standard InChI is InChI=1S/C19H22N2O3/c22-18(12-3-1-2-4-13-19(23)24)21-20-14-16-10-7-9-15-8-5-6-11-17(15)16/h5-11,14H,1-4,12-13H2,(H,21,22)(H,23,24)/b20-14+. The second-order valence-electron chi connectivity index (χ2n) is 5.67. The van der Waals surface area contributed by atoms with Crippen LogP contribution in [0.15, 0.2) is 47.6 Å². The van der Waals surface area contributed by atoms with Crippen molar-refractivity contribution in [3.05, 3.63) is 48.0 Å². The summed E-state index contributed by atoms with van der Waals surface area (Å²) in [5, 5.41) is 14.8. The highest BCUT2D eigenvalue weighted by atomic mass is 16.4. The van der Waals surface area contributed by atoms with Gasteiger partial charge in [0.2, 0.25) is 5.91 Å². The second-order valence-corrected chi connectivity index (χ2v) is 5.67. The average Bonchev–Trinajstić information content (AvgIpc) is 2.58. The monoisotopic (exact) mass is 326 g/mol. The van der Waals surface area contributed by atoms with Gasteiger partial charge in [0.15, 0.2) is 0 Å². The number of amides is 1. The third-order valence-corrected chi connectivity index (χ3v) is 3.76. The Labute approximate surface area is 141 Å². The molecule has 5 nitrogen and oxygen atoms in total. The lowest BCUT2D eigenvalue weighted by Crippen LogP contribution is -2.16. The Hall–Kier alpha value is -2.69. The molecule has 2 rings (SSSR count). The molecule has 2 aromatic carbocycles. The van der Waals surface area contributed by atoms with Crippen LogP contribution >= 0.6 is 0 Å². The molecule has 0 saturated heterocycles.